The molecule has 2 aromatic heterocycles. The Bertz CT molecular complexity index is 1830. The van der Waals surface area contributed by atoms with Crippen LogP contribution in [0.15, 0.2) is 65.4 Å². The van der Waals surface area contributed by atoms with E-state index in [1.165, 1.54) is 23.3 Å². The van der Waals surface area contributed by atoms with Gasteiger partial charge >= 0.3 is 21.2 Å². The first kappa shape index (κ1) is 38.7. The topological polar surface area (TPSA) is 123 Å². The first-order chi connectivity index (χ1) is 24.2. The molecular weight excluding hydrogens is 745 g/mol. The summed E-state index contributed by atoms with van der Waals surface area (Å²) in [6.07, 6.45) is 2.56. The van der Waals surface area contributed by atoms with Crippen molar-refractivity contribution in [2.45, 2.75) is 89.3 Å². The Balaban J connectivity index is 0.000000187. The van der Waals surface area contributed by atoms with Gasteiger partial charge in [0.05, 0.1) is 60.2 Å². The summed E-state index contributed by atoms with van der Waals surface area (Å²) >= 11 is 3.37. The van der Waals surface area contributed by atoms with Crippen molar-refractivity contribution in [2.24, 2.45) is 0 Å². The first-order valence-corrected chi connectivity index (χ1v) is 18.0. The molecule has 7 rings (SSSR count). The Labute approximate surface area is 310 Å². The number of hydrogen-bond acceptors (Lipinski definition) is 8. The van der Waals surface area contributed by atoms with Gasteiger partial charge in [-0.25, -0.2) is 27.5 Å². The smallest absolute Gasteiger partial charge is 0.437 e. The number of aromatic nitrogens is 4. The van der Waals surface area contributed by atoms with E-state index < -0.39 is 69.4 Å². The van der Waals surface area contributed by atoms with E-state index in [1.807, 2.05) is 76.2 Å². The van der Waals surface area contributed by atoms with Crippen LogP contribution in [0.25, 0.3) is 22.5 Å². The summed E-state index contributed by atoms with van der Waals surface area (Å²) in [5.74, 6) is -4.78. The van der Waals surface area contributed by atoms with E-state index in [9.17, 15) is 27.6 Å². The largest absolute Gasteiger partial charge is 0.494 e. The first-order valence-electron chi connectivity index (χ1n) is 17.2. The molecule has 3 saturated heterocycles. The Kier molecular flexibility index (Phi) is 10.7. The van der Waals surface area contributed by atoms with Crippen LogP contribution in [0, 0.1) is 0 Å². The average molecular weight is 787 g/mol. The number of nitrogens with zero attached hydrogens (tertiary/aromatic N) is 4. The Hall–Kier alpha value is -2.99. The maximum atomic E-state index is 13.9. The van der Waals surface area contributed by atoms with Gasteiger partial charge in [-0.2, -0.15) is 0 Å². The number of H-pyrrole nitrogens is 2. The summed E-state index contributed by atoms with van der Waals surface area (Å²) in [4.78, 5) is 17.5. The molecule has 0 radical (unpaired) electrons. The van der Waals surface area contributed by atoms with E-state index >= 15 is 0 Å². The molecule has 0 bridgehead atoms. The molecule has 0 spiro atoms. The predicted octanol–water partition coefficient (Wildman–Crippen LogP) is 6.20. The van der Waals surface area contributed by atoms with E-state index in [2.05, 4.69) is 35.9 Å². The normalized spacial score (nSPS) is 23.4. The van der Waals surface area contributed by atoms with E-state index in [4.69, 9.17) is 9.31 Å². The second-order valence-electron chi connectivity index (χ2n) is 14.8. The van der Waals surface area contributed by atoms with Crippen molar-refractivity contribution in [1.29, 1.82) is 0 Å². The third-order valence-corrected chi connectivity index (χ3v) is 10.8. The Morgan fingerprint density at radius 3 is 1.50 bits per heavy atom. The highest BCUT2D eigenvalue weighted by Crippen LogP contribution is 2.42. The van der Waals surface area contributed by atoms with Crippen LogP contribution in [0.3, 0.4) is 0 Å². The highest BCUT2D eigenvalue weighted by Gasteiger charge is 2.52. The van der Waals surface area contributed by atoms with Crippen LogP contribution in [0.1, 0.15) is 64.3 Å². The van der Waals surface area contributed by atoms with Gasteiger partial charge in [0.15, 0.2) is 0 Å². The van der Waals surface area contributed by atoms with Gasteiger partial charge in [0.1, 0.15) is 11.6 Å². The number of halogens is 5. The Morgan fingerprint density at radius 1 is 0.731 bits per heavy atom. The standard InChI is InChI=1S/C20H27B2F2N3O3.C14H15BBrF2N3O/c1-18(2)19(3,4)30-22(29-18)14-8-6-13(7-9-14)15-11-25-17(26-15)16-10-20(23,24)12-27(16)21(5)28;1-15(22)21-8-14(17,18)6-12(21)13-19-7-11(20-13)9-2-4-10(16)5-3-9/h6-9,11,16,28H,10,12H2,1-5H3,(H,25,26);2-5,7,12,22H,6,8H2,1H3,(H,19,20)/t16-;12-/m00/s1. The van der Waals surface area contributed by atoms with Crippen molar-refractivity contribution in [3.05, 3.63) is 77.0 Å². The molecule has 3 fully saturated rings. The zero-order valence-corrected chi connectivity index (χ0v) is 31.5. The fourth-order valence-corrected chi connectivity index (χ4v) is 6.97. The van der Waals surface area contributed by atoms with Crippen molar-refractivity contribution in [3.63, 3.8) is 0 Å². The zero-order chi connectivity index (χ0) is 37.8. The zero-order valence-electron chi connectivity index (χ0n) is 29.9. The second-order valence-corrected chi connectivity index (χ2v) is 15.8. The lowest BCUT2D eigenvalue weighted by Crippen LogP contribution is -2.41. The fraction of sp³-hybridized carbons (Fsp3) is 0.471. The molecule has 5 heterocycles. The fourth-order valence-electron chi connectivity index (χ4n) is 6.71. The van der Waals surface area contributed by atoms with Gasteiger partial charge in [-0.3, -0.25) is 0 Å². The third-order valence-electron chi connectivity index (χ3n) is 10.3. The molecule has 4 aromatic rings. The molecule has 52 heavy (non-hydrogen) atoms. The van der Waals surface area contributed by atoms with Gasteiger partial charge < -0.3 is 38.9 Å². The molecule has 0 saturated carbocycles. The maximum absolute atomic E-state index is 13.9. The number of rotatable bonds is 7. The SMILES string of the molecule is CB(O)N1CC(F)(F)C[C@H]1c1ncc(-c2ccc(B3OC(C)(C)C(C)(C)O3)cc2)[nH]1.CB(O)N1CC(F)(F)C[C@H]1c1ncc(-c2ccc(Br)cc2)[nH]1. The number of nitrogens with one attached hydrogen (secondary N) is 2. The van der Waals surface area contributed by atoms with Crippen LogP contribution < -0.4 is 5.46 Å². The minimum absolute atomic E-state index is 0.342. The van der Waals surface area contributed by atoms with E-state index in [0.29, 0.717) is 11.6 Å². The summed E-state index contributed by atoms with van der Waals surface area (Å²) in [7, 11) is -2.36. The van der Waals surface area contributed by atoms with Crippen molar-refractivity contribution < 1.29 is 36.9 Å². The molecule has 0 aliphatic carbocycles. The molecule has 3 aliphatic heterocycles. The van der Waals surface area contributed by atoms with Crippen LogP contribution in [0.5, 0.6) is 0 Å². The molecule has 2 atom stereocenters. The second kappa shape index (κ2) is 14.3. The number of aromatic amines is 2. The van der Waals surface area contributed by atoms with Crippen LogP contribution in [-0.2, 0) is 9.31 Å². The molecule has 18 heteroatoms. The molecule has 276 valence electrons. The van der Waals surface area contributed by atoms with Crippen molar-refractivity contribution in [3.8, 4) is 22.5 Å². The van der Waals surface area contributed by atoms with Gasteiger partial charge in [-0.05, 0) is 70.1 Å². The average Bonchev–Trinajstić information content (AvgIpc) is 3.88. The van der Waals surface area contributed by atoms with Gasteiger partial charge in [0, 0.05) is 17.3 Å². The highest BCUT2D eigenvalue weighted by molar-refractivity contribution is 9.10. The summed E-state index contributed by atoms with van der Waals surface area (Å²) < 4.78 is 68.3. The van der Waals surface area contributed by atoms with Gasteiger partial charge in [0.25, 0.3) is 11.8 Å². The summed E-state index contributed by atoms with van der Waals surface area (Å²) in [5.41, 5.74) is 3.39. The summed E-state index contributed by atoms with van der Waals surface area (Å²) in [6, 6.07) is 14.1. The van der Waals surface area contributed by atoms with Crippen molar-refractivity contribution >= 4 is 42.6 Å². The summed E-state index contributed by atoms with van der Waals surface area (Å²) in [5, 5.41) is 19.6. The maximum Gasteiger partial charge on any atom is 0.494 e. The number of imidazole rings is 2. The van der Waals surface area contributed by atoms with Crippen LogP contribution in [0.2, 0.25) is 13.6 Å². The van der Waals surface area contributed by atoms with E-state index in [1.54, 1.807) is 12.4 Å². The molecule has 10 nitrogen and oxygen atoms in total. The quantitative estimate of drug-likeness (QED) is 0.129. The number of alkyl halides is 4. The molecule has 0 amide bonds. The lowest BCUT2D eigenvalue weighted by atomic mass is 9.79. The van der Waals surface area contributed by atoms with Gasteiger partial charge in [-0.1, -0.05) is 52.3 Å². The van der Waals surface area contributed by atoms with Gasteiger partial charge in [-0.15, -0.1) is 0 Å². The van der Waals surface area contributed by atoms with Crippen molar-refractivity contribution in [2.75, 3.05) is 13.1 Å². The molecular formula is C34H42B3BrF4N6O4. The molecule has 3 aliphatic rings. The van der Waals surface area contributed by atoms with Gasteiger partial charge in [0.2, 0.25) is 0 Å². The monoisotopic (exact) mass is 786 g/mol. The molecule has 2 aromatic carbocycles. The lowest BCUT2D eigenvalue weighted by Gasteiger charge is -2.32. The molecule has 0 unspecified atom stereocenters. The minimum atomic E-state index is -2.85. The minimum Gasteiger partial charge on any atom is -0.437 e. The predicted molar refractivity (Wildman–Crippen MR) is 197 cm³/mol. The number of benzene rings is 2. The van der Waals surface area contributed by atoms with Crippen molar-refractivity contribution in [1.82, 2.24) is 29.6 Å². The number of hydrogen-bond donors (Lipinski definition) is 4. The van der Waals surface area contributed by atoms with E-state index in [-0.39, 0.29) is 12.8 Å². The lowest BCUT2D eigenvalue weighted by molar-refractivity contribution is 0.00578. The Morgan fingerprint density at radius 2 is 1.12 bits per heavy atom. The summed E-state index contributed by atoms with van der Waals surface area (Å²) in [6.45, 7) is 10.1. The third kappa shape index (κ3) is 8.22. The highest BCUT2D eigenvalue weighted by atomic mass is 79.9. The molecule has 4 N–H and O–H groups in total. The van der Waals surface area contributed by atoms with Crippen LogP contribution in [-0.4, -0.2) is 97.0 Å². The van der Waals surface area contributed by atoms with E-state index in [0.717, 1.165) is 32.5 Å². The van der Waals surface area contributed by atoms with Crippen LogP contribution >= 0.6 is 15.9 Å². The van der Waals surface area contributed by atoms with Crippen LogP contribution in [0.4, 0.5) is 17.6 Å².